The van der Waals surface area contributed by atoms with Crippen LogP contribution in [0, 0.1) is 5.92 Å². The van der Waals surface area contributed by atoms with Crippen LogP contribution in [0.5, 0.6) is 0 Å². The highest BCUT2D eigenvalue weighted by molar-refractivity contribution is 6.20. The van der Waals surface area contributed by atoms with Crippen LogP contribution in [0.25, 0.3) is 0 Å². The van der Waals surface area contributed by atoms with Crippen molar-refractivity contribution in [2.75, 3.05) is 0 Å². The van der Waals surface area contributed by atoms with Gasteiger partial charge in [-0.1, -0.05) is 30.7 Å². The van der Waals surface area contributed by atoms with E-state index in [2.05, 4.69) is 24.3 Å². The molecule has 0 nitrogen and oxygen atoms in total. The number of aryl methyl sites for hydroxylation is 1. The van der Waals surface area contributed by atoms with E-state index in [4.69, 9.17) is 11.6 Å². The molecule has 1 aromatic rings. The SMILES string of the molecule is ClC(CCc1cccc(C2CCC2)c1)C1CC1. The summed E-state index contributed by atoms with van der Waals surface area (Å²) in [5, 5.41) is 0.419. The molecule has 0 amide bonds. The van der Waals surface area contributed by atoms with Crippen LogP contribution in [0.4, 0.5) is 0 Å². The number of benzene rings is 1. The molecule has 0 bridgehead atoms. The molecule has 2 saturated carbocycles. The lowest BCUT2D eigenvalue weighted by molar-refractivity contribution is 0.419. The number of hydrogen-bond acceptors (Lipinski definition) is 0. The molecule has 0 saturated heterocycles. The second-order valence-corrected chi connectivity index (χ2v) is 6.33. The van der Waals surface area contributed by atoms with Gasteiger partial charge in [0.15, 0.2) is 0 Å². The van der Waals surface area contributed by atoms with E-state index in [1.807, 2.05) is 0 Å². The third-order valence-corrected chi connectivity index (χ3v) is 4.94. The summed E-state index contributed by atoms with van der Waals surface area (Å²) in [4.78, 5) is 0. The Morgan fingerprint density at radius 3 is 2.65 bits per heavy atom. The summed E-state index contributed by atoms with van der Waals surface area (Å²) in [6.07, 6.45) is 9.23. The van der Waals surface area contributed by atoms with Crippen molar-refractivity contribution >= 4 is 11.6 Å². The van der Waals surface area contributed by atoms with Crippen LogP contribution < -0.4 is 0 Å². The molecule has 2 aliphatic rings. The molecule has 0 aliphatic heterocycles. The Kier molecular flexibility index (Phi) is 3.42. The topological polar surface area (TPSA) is 0 Å². The van der Waals surface area contributed by atoms with Crippen molar-refractivity contribution < 1.29 is 0 Å². The van der Waals surface area contributed by atoms with Crippen molar-refractivity contribution in [2.45, 2.75) is 56.2 Å². The zero-order valence-corrected chi connectivity index (χ0v) is 11.1. The predicted octanol–water partition coefficient (Wildman–Crippen LogP) is 4.90. The molecule has 0 aromatic heterocycles. The highest BCUT2D eigenvalue weighted by Crippen LogP contribution is 2.38. The average molecular weight is 249 g/mol. The minimum absolute atomic E-state index is 0.419. The van der Waals surface area contributed by atoms with Gasteiger partial charge in [0.2, 0.25) is 0 Å². The van der Waals surface area contributed by atoms with Gasteiger partial charge in [-0.3, -0.25) is 0 Å². The largest absolute Gasteiger partial charge is 0.123 e. The molecule has 2 aliphatic carbocycles. The van der Waals surface area contributed by atoms with E-state index >= 15 is 0 Å². The molecule has 0 heterocycles. The Labute approximate surface area is 109 Å². The van der Waals surface area contributed by atoms with Crippen molar-refractivity contribution in [1.82, 2.24) is 0 Å². The highest BCUT2D eigenvalue weighted by Gasteiger charge is 2.29. The summed E-state index contributed by atoms with van der Waals surface area (Å²) in [6.45, 7) is 0. The fourth-order valence-electron chi connectivity index (χ4n) is 2.74. The summed E-state index contributed by atoms with van der Waals surface area (Å²) >= 11 is 6.37. The fourth-order valence-corrected chi connectivity index (χ4v) is 3.10. The van der Waals surface area contributed by atoms with Crippen LogP contribution in [-0.2, 0) is 6.42 Å². The minimum atomic E-state index is 0.419. The van der Waals surface area contributed by atoms with Crippen molar-refractivity contribution in [3.63, 3.8) is 0 Å². The third-order valence-electron chi connectivity index (χ3n) is 4.37. The molecule has 1 aromatic carbocycles. The van der Waals surface area contributed by atoms with Crippen LogP contribution >= 0.6 is 11.6 Å². The van der Waals surface area contributed by atoms with E-state index in [0.29, 0.717) is 5.38 Å². The smallest absolute Gasteiger partial charge is 0.0367 e. The first-order valence-electron chi connectivity index (χ1n) is 7.06. The van der Waals surface area contributed by atoms with E-state index in [9.17, 15) is 0 Å². The molecule has 1 heteroatoms. The van der Waals surface area contributed by atoms with E-state index in [-0.39, 0.29) is 0 Å². The zero-order valence-electron chi connectivity index (χ0n) is 10.4. The average Bonchev–Trinajstić information content (AvgIpc) is 3.08. The van der Waals surface area contributed by atoms with Gasteiger partial charge in [0.1, 0.15) is 0 Å². The first-order valence-corrected chi connectivity index (χ1v) is 7.49. The van der Waals surface area contributed by atoms with E-state index in [1.54, 1.807) is 5.56 Å². The Balaban J connectivity index is 1.57. The fraction of sp³-hybridized carbons (Fsp3) is 0.625. The molecule has 0 radical (unpaired) electrons. The van der Waals surface area contributed by atoms with Gasteiger partial charge in [0.25, 0.3) is 0 Å². The van der Waals surface area contributed by atoms with Crippen molar-refractivity contribution in [1.29, 1.82) is 0 Å². The number of rotatable bonds is 5. The predicted molar refractivity (Wildman–Crippen MR) is 73.7 cm³/mol. The van der Waals surface area contributed by atoms with Gasteiger partial charge in [-0.15, -0.1) is 11.6 Å². The molecule has 92 valence electrons. The summed E-state index contributed by atoms with van der Waals surface area (Å²) in [6, 6.07) is 9.20. The molecule has 0 N–H and O–H groups in total. The van der Waals surface area contributed by atoms with Gasteiger partial charge in [-0.25, -0.2) is 0 Å². The van der Waals surface area contributed by atoms with E-state index in [1.165, 1.54) is 37.7 Å². The summed E-state index contributed by atoms with van der Waals surface area (Å²) in [5.41, 5.74) is 3.05. The molecule has 17 heavy (non-hydrogen) atoms. The van der Waals surface area contributed by atoms with Gasteiger partial charge in [0.05, 0.1) is 0 Å². The lowest BCUT2D eigenvalue weighted by Gasteiger charge is -2.26. The van der Waals surface area contributed by atoms with E-state index in [0.717, 1.165) is 24.7 Å². The first-order chi connectivity index (χ1) is 8.33. The molecule has 1 atom stereocenters. The Morgan fingerprint density at radius 1 is 1.18 bits per heavy atom. The van der Waals surface area contributed by atoms with Crippen LogP contribution in [0.15, 0.2) is 24.3 Å². The monoisotopic (exact) mass is 248 g/mol. The zero-order chi connectivity index (χ0) is 11.7. The first kappa shape index (κ1) is 11.6. The van der Waals surface area contributed by atoms with Gasteiger partial charge in [-0.05, 0) is 61.5 Å². The Bertz CT molecular complexity index is 377. The normalized spacial score (nSPS) is 22.2. The van der Waals surface area contributed by atoms with Crippen LogP contribution in [0.2, 0.25) is 0 Å². The standard InChI is InChI=1S/C16H21Cl/c17-16(14-8-9-14)10-7-12-3-1-6-15(11-12)13-4-2-5-13/h1,3,6,11,13-14,16H,2,4-5,7-10H2. The number of hydrogen-bond donors (Lipinski definition) is 0. The van der Waals surface area contributed by atoms with E-state index < -0.39 is 0 Å². The Morgan fingerprint density at radius 2 is 2.00 bits per heavy atom. The molecule has 1 unspecified atom stereocenters. The summed E-state index contributed by atoms with van der Waals surface area (Å²) < 4.78 is 0. The van der Waals surface area contributed by atoms with Gasteiger partial charge < -0.3 is 0 Å². The van der Waals surface area contributed by atoms with Crippen LogP contribution in [0.1, 0.15) is 55.6 Å². The van der Waals surface area contributed by atoms with Gasteiger partial charge in [0, 0.05) is 5.38 Å². The summed E-state index contributed by atoms with van der Waals surface area (Å²) in [7, 11) is 0. The van der Waals surface area contributed by atoms with Crippen LogP contribution in [0.3, 0.4) is 0 Å². The van der Waals surface area contributed by atoms with Crippen molar-refractivity contribution in [2.24, 2.45) is 5.92 Å². The highest BCUT2D eigenvalue weighted by atomic mass is 35.5. The van der Waals surface area contributed by atoms with Gasteiger partial charge >= 0.3 is 0 Å². The molecular weight excluding hydrogens is 228 g/mol. The third kappa shape index (κ3) is 2.85. The van der Waals surface area contributed by atoms with Gasteiger partial charge in [-0.2, -0.15) is 0 Å². The maximum Gasteiger partial charge on any atom is 0.0367 e. The molecular formula is C16H21Cl. The number of halogens is 1. The molecule has 2 fully saturated rings. The van der Waals surface area contributed by atoms with Crippen LogP contribution in [-0.4, -0.2) is 5.38 Å². The second kappa shape index (κ2) is 5.02. The second-order valence-electron chi connectivity index (χ2n) is 5.76. The lowest BCUT2D eigenvalue weighted by atomic mass is 9.79. The number of alkyl halides is 1. The molecule has 0 spiro atoms. The van der Waals surface area contributed by atoms with Crippen molar-refractivity contribution in [3.8, 4) is 0 Å². The molecule has 3 rings (SSSR count). The maximum absolute atomic E-state index is 6.37. The van der Waals surface area contributed by atoms with Crippen molar-refractivity contribution in [3.05, 3.63) is 35.4 Å². The quantitative estimate of drug-likeness (QED) is 0.650. The lowest BCUT2D eigenvalue weighted by Crippen LogP contribution is -2.09. The maximum atomic E-state index is 6.37. The minimum Gasteiger partial charge on any atom is -0.123 e. The summed E-state index contributed by atoms with van der Waals surface area (Å²) in [5.74, 6) is 1.68. The Hall–Kier alpha value is -0.490.